The zero-order valence-corrected chi connectivity index (χ0v) is 17.1. The van der Waals surface area contributed by atoms with Gasteiger partial charge >= 0.3 is 0 Å². The quantitative estimate of drug-likeness (QED) is 0.384. The lowest BCUT2D eigenvalue weighted by atomic mass is 10.2. The Morgan fingerprint density at radius 3 is 2.69 bits per heavy atom. The molecule has 144 valence electrons. The highest BCUT2D eigenvalue weighted by Gasteiger charge is 2.10. The number of nitrogens with one attached hydrogen (secondary N) is 2. The topological polar surface area (TPSA) is 58.1 Å². The molecule has 0 aromatic heterocycles. The van der Waals surface area contributed by atoms with Gasteiger partial charge in [-0.15, -0.1) is 0 Å². The van der Waals surface area contributed by atoms with Gasteiger partial charge in [0.25, 0.3) is 0 Å². The number of thiocarbonyl (C=S) groups is 1. The van der Waals surface area contributed by atoms with E-state index in [4.69, 9.17) is 44.9 Å². The number of hydrogen-bond donors (Lipinski definition) is 2. The molecule has 9 heteroatoms. The second-order valence-electron chi connectivity index (χ2n) is 5.74. The Hall–Kier alpha value is -1.12. The van der Waals surface area contributed by atoms with Gasteiger partial charge in [0.15, 0.2) is 10.9 Å². The van der Waals surface area contributed by atoms with Gasteiger partial charge in [0.2, 0.25) is 0 Å². The van der Waals surface area contributed by atoms with E-state index in [0.717, 1.165) is 51.4 Å². The van der Waals surface area contributed by atoms with Crippen molar-refractivity contribution in [1.82, 2.24) is 15.6 Å². The third-order valence-corrected chi connectivity index (χ3v) is 4.47. The summed E-state index contributed by atoms with van der Waals surface area (Å²) in [5.74, 6) is 0.501. The highest BCUT2D eigenvalue weighted by atomic mass is 35.5. The summed E-state index contributed by atoms with van der Waals surface area (Å²) in [4.78, 5) is 2.33. The fraction of sp³-hybridized carbons (Fsp3) is 0.529. The van der Waals surface area contributed by atoms with Crippen LogP contribution < -0.4 is 15.5 Å². The van der Waals surface area contributed by atoms with Gasteiger partial charge in [0.05, 0.1) is 36.1 Å². The largest absolute Gasteiger partial charge is 0.490 e. The summed E-state index contributed by atoms with van der Waals surface area (Å²) in [5.41, 5.74) is 3.54. The van der Waals surface area contributed by atoms with Crippen molar-refractivity contribution in [1.29, 1.82) is 0 Å². The van der Waals surface area contributed by atoms with Crippen molar-refractivity contribution in [3.05, 3.63) is 27.7 Å². The summed E-state index contributed by atoms with van der Waals surface area (Å²) in [6, 6.07) is 3.50. The molecule has 2 rings (SSSR count). The standard InChI is InChI=1S/C17H24Cl2N4O2S/c1-2-7-25-16-14(18)10-13(11-15(16)19)12-21-22-17(26)20-3-4-23-5-8-24-9-6-23/h10-12H,2-9H2,1H3,(H2,20,22,26)/b21-12+. The number of morpholine rings is 1. The lowest BCUT2D eigenvalue weighted by molar-refractivity contribution is 0.0389. The predicted octanol–water partition coefficient (Wildman–Crippen LogP) is 2.91. The molecule has 26 heavy (non-hydrogen) atoms. The second-order valence-corrected chi connectivity index (χ2v) is 6.96. The van der Waals surface area contributed by atoms with Crippen LogP contribution in [0.2, 0.25) is 10.0 Å². The van der Waals surface area contributed by atoms with Gasteiger partial charge in [-0.2, -0.15) is 5.10 Å². The third kappa shape index (κ3) is 7.25. The zero-order chi connectivity index (χ0) is 18.8. The fourth-order valence-electron chi connectivity index (χ4n) is 2.35. The molecule has 1 aromatic carbocycles. The van der Waals surface area contributed by atoms with Crippen molar-refractivity contribution in [2.24, 2.45) is 5.10 Å². The van der Waals surface area contributed by atoms with Crippen LogP contribution in [0.5, 0.6) is 5.75 Å². The smallest absolute Gasteiger partial charge is 0.187 e. The molecule has 0 spiro atoms. The predicted molar refractivity (Wildman–Crippen MR) is 111 cm³/mol. The van der Waals surface area contributed by atoms with E-state index in [-0.39, 0.29) is 0 Å². The van der Waals surface area contributed by atoms with Crippen LogP contribution in [0, 0.1) is 0 Å². The van der Waals surface area contributed by atoms with Crippen LogP contribution in [0.15, 0.2) is 17.2 Å². The number of halogens is 2. The van der Waals surface area contributed by atoms with Crippen LogP contribution in [-0.4, -0.2) is 62.2 Å². The number of hydrazone groups is 1. The Labute approximate surface area is 169 Å². The Morgan fingerprint density at radius 2 is 2.04 bits per heavy atom. The maximum atomic E-state index is 6.21. The second kappa shape index (κ2) is 11.6. The molecule has 0 bridgehead atoms. The fourth-order valence-corrected chi connectivity index (χ4v) is 3.12. The SMILES string of the molecule is CCCOc1c(Cl)cc(/C=N/NC(=S)NCCN2CCOCC2)cc1Cl. The van der Waals surface area contributed by atoms with Gasteiger partial charge in [-0.1, -0.05) is 30.1 Å². The molecule has 0 radical (unpaired) electrons. The molecule has 1 saturated heterocycles. The van der Waals surface area contributed by atoms with Crippen LogP contribution in [0.1, 0.15) is 18.9 Å². The first-order chi connectivity index (χ1) is 12.6. The van der Waals surface area contributed by atoms with Crippen LogP contribution in [0.4, 0.5) is 0 Å². The number of rotatable bonds is 8. The summed E-state index contributed by atoms with van der Waals surface area (Å²) in [7, 11) is 0. The van der Waals surface area contributed by atoms with Gasteiger partial charge in [-0.25, -0.2) is 0 Å². The van der Waals surface area contributed by atoms with Gasteiger partial charge < -0.3 is 14.8 Å². The minimum atomic E-state index is 0.457. The van der Waals surface area contributed by atoms with Gasteiger partial charge in [0, 0.05) is 26.2 Å². The van der Waals surface area contributed by atoms with E-state index in [9.17, 15) is 0 Å². The molecule has 0 saturated carbocycles. The molecule has 2 N–H and O–H groups in total. The monoisotopic (exact) mass is 418 g/mol. The molecule has 0 amide bonds. The van der Waals surface area contributed by atoms with Crippen LogP contribution in [-0.2, 0) is 4.74 Å². The molecule has 0 aliphatic carbocycles. The van der Waals surface area contributed by atoms with Gasteiger partial charge in [-0.05, 0) is 36.3 Å². The number of hydrogen-bond acceptors (Lipinski definition) is 5. The van der Waals surface area contributed by atoms with E-state index in [1.54, 1.807) is 18.3 Å². The number of nitrogens with zero attached hydrogens (tertiary/aromatic N) is 2. The Bertz CT molecular complexity index is 602. The molecule has 1 heterocycles. The van der Waals surface area contributed by atoms with Gasteiger partial charge in [0.1, 0.15) is 0 Å². The van der Waals surface area contributed by atoms with Gasteiger partial charge in [-0.3, -0.25) is 10.3 Å². The van der Waals surface area contributed by atoms with Crippen molar-refractivity contribution in [3.63, 3.8) is 0 Å². The maximum Gasteiger partial charge on any atom is 0.187 e. The third-order valence-electron chi connectivity index (χ3n) is 3.67. The molecule has 6 nitrogen and oxygen atoms in total. The van der Waals surface area contributed by atoms with Crippen molar-refractivity contribution >= 4 is 46.7 Å². The average Bonchev–Trinajstić information content (AvgIpc) is 2.62. The molecule has 1 aliphatic heterocycles. The molecular formula is C17H24Cl2N4O2S. The van der Waals surface area contributed by atoms with E-state index in [1.807, 2.05) is 6.92 Å². The highest BCUT2D eigenvalue weighted by molar-refractivity contribution is 7.80. The first kappa shape index (κ1) is 21.2. The lowest BCUT2D eigenvalue weighted by Gasteiger charge is -2.26. The maximum absolute atomic E-state index is 6.21. The summed E-state index contributed by atoms with van der Waals surface area (Å²) in [5, 5.41) is 8.62. The summed E-state index contributed by atoms with van der Waals surface area (Å²) in [6.45, 7) is 7.76. The van der Waals surface area contributed by atoms with Crippen molar-refractivity contribution in [3.8, 4) is 5.75 Å². The molecule has 1 aliphatic rings. The lowest BCUT2D eigenvalue weighted by Crippen LogP contribution is -2.42. The first-order valence-corrected chi connectivity index (χ1v) is 9.75. The zero-order valence-electron chi connectivity index (χ0n) is 14.8. The van der Waals surface area contributed by atoms with Crippen LogP contribution in [0.25, 0.3) is 0 Å². The number of benzene rings is 1. The summed E-state index contributed by atoms with van der Waals surface area (Å²) >= 11 is 17.6. The molecular weight excluding hydrogens is 395 g/mol. The van der Waals surface area contributed by atoms with E-state index < -0.39 is 0 Å². The van der Waals surface area contributed by atoms with E-state index in [2.05, 4.69) is 20.7 Å². The van der Waals surface area contributed by atoms with Crippen molar-refractivity contribution < 1.29 is 9.47 Å². The minimum absolute atomic E-state index is 0.457. The summed E-state index contributed by atoms with van der Waals surface area (Å²) < 4.78 is 10.9. The summed E-state index contributed by atoms with van der Waals surface area (Å²) in [6.07, 6.45) is 2.49. The van der Waals surface area contributed by atoms with E-state index in [1.165, 1.54) is 0 Å². The van der Waals surface area contributed by atoms with Crippen molar-refractivity contribution in [2.45, 2.75) is 13.3 Å². The van der Waals surface area contributed by atoms with Crippen molar-refractivity contribution in [2.75, 3.05) is 46.0 Å². The Morgan fingerprint density at radius 1 is 1.35 bits per heavy atom. The Balaban J connectivity index is 1.75. The van der Waals surface area contributed by atoms with Crippen LogP contribution in [0.3, 0.4) is 0 Å². The molecule has 1 aromatic rings. The molecule has 0 unspecified atom stereocenters. The Kier molecular flexibility index (Phi) is 9.42. The first-order valence-electron chi connectivity index (χ1n) is 8.59. The number of ether oxygens (including phenoxy) is 2. The average molecular weight is 419 g/mol. The van der Waals surface area contributed by atoms with Crippen LogP contribution >= 0.6 is 35.4 Å². The van der Waals surface area contributed by atoms with E-state index in [0.29, 0.717) is 27.5 Å². The highest BCUT2D eigenvalue weighted by Crippen LogP contribution is 2.33. The minimum Gasteiger partial charge on any atom is -0.490 e. The normalized spacial score (nSPS) is 15.2. The van der Waals surface area contributed by atoms with E-state index >= 15 is 0 Å². The molecule has 0 atom stereocenters. The molecule has 1 fully saturated rings.